The molecule has 1 atom stereocenters. The van der Waals surface area contributed by atoms with E-state index in [1.54, 1.807) is 0 Å². The van der Waals surface area contributed by atoms with Crippen molar-refractivity contribution in [2.45, 2.75) is 38.2 Å². The molecule has 1 aromatic carbocycles. The summed E-state index contributed by atoms with van der Waals surface area (Å²) in [6.07, 6.45) is 1.70. The molecular formula is C14H11F5O2. The normalized spacial score (nSPS) is 23.5. The second-order valence-electron chi connectivity index (χ2n) is 5.50. The molecule has 2 fully saturated rings. The van der Waals surface area contributed by atoms with Crippen molar-refractivity contribution in [1.29, 1.82) is 0 Å². The van der Waals surface area contributed by atoms with E-state index in [1.807, 2.05) is 0 Å². The van der Waals surface area contributed by atoms with Gasteiger partial charge in [-0.1, -0.05) is 12.8 Å². The molecule has 0 N–H and O–H groups in total. The molecule has 21 heavy (non-hydrogen) atoms. The van der Waals surface area contributed by atoms with Gasteiger partial charge in [-0.25, -0.2) is 13.2 Å². The third-order valence-corrected chi connectivity index (χ3v) is 4.47. The third-order valence-electron chi connectivity index (χ3n) is 4.47. The number of ketones is 1. The van der Waals surface area contributed by atoms with E-state index < -0.39 is 46.4 Å². The summed E-state index contributed by atoms with van der Waals surface area (Å²) in [7, 11) is 0. The Morgan fingerprint density at radius 2 is 1.33 bits per heavy atom. The van der Waals surface area contributed by atoms with E-state index in [2.05, 4.69) is 0 Å². The van der Waals surface area contributed by atoms with Crippen LogP contribution in [0.5, 0.6) is 5.75 Å². The highest BCUT2D eigenvalue weighted by Gasteiger charge is 2.57. The predicted octanol–water partition coefficient (Wildman–Crippen LogP) is 3.66. The lowest BCUT2D eigenvalue weighted by atomic mass is 9.63. The number of hydrogen-bond donors (Lipinski definition) is 0. The molecule has 0 radical (unpaired) electrons. The average Bonchev–Trinajstić information content (AvgIpc) is 2.99. The Kier molecular flexibility index (Phi) is 3.18. The SMILES string of the molecule is O=C1CC(Oc2c(F)c(F)c(F)c(F)c2F)C12CCCC2. The first-order chi connectivity index (χ1) is 9.88. The zero-order chi connectivity index (χ0) is 15.4. The van der Waals surface area contributed by atoms with E-state index in [1.165, 1.54) is 0 Å². The maximum absolute atomic E-state index is 13.6. The highest BCUT2D eigenvalue weighted by molar-refractivity contribution is 5.92. The monoisotopic (exact) mass is 306 g/mol. The topological polar surface area (TPSA) is 26.3 Å². The summed E-state index contributed by atoms with van der Waals surface area (Å²) >= 11 is 0. The van der Waals surface area contributed by atoms with Crippen LogP contribution in [-0.2, 0) is 4.79 Å². The van der Waals surface area contributed by atoms with Gasteiger partial charge in [0.25, 0.3) is 0 Å². The van der Waals surface area contributed by atoms with Gasteiger partial charge in [0.05, 0.1) is 5.41 Å². The van der Waals surface area contributed by atoms with E-state index in [9.17, 15) is 26.7 Å². The molecule has 1 spiro atoms. The third kappa shape index (κ3) is 1.86. The quantitative estimate of drug-likeness (QED) is 0.473. The Morgan fingerprint density at radius 1 is 0.857 bits per heavy atom. The van der Waals surface area contributed by atoms with Crippen LogP contribution in [0.4, 0.5) is 22.0 Å². The molecule has 0 aromatic heterocycles. The Bertz CT molecular complexity index is 593. The minimum atomic E-state index is -2.22. The van der Waals surface area contributed by atoms with Crippen LogP contribution < -0.4 is 4.74 Å². The van der Waals surface area contributed by atoms with Crippen molar-refractivity contribution in [1.82, 2.24) is 0 Å². The summed E-state index contributed by atoms with van der Waals surface area (Å²) in [5.41, 5.74) is -0.819. The highest BCUT2D eigenvalue weighted by atomic mass is 19.2. The number of Topliss-reactive ketones (excluding diaryl/α,β-unsaturated/α-hetero) is 1. The summed E-state index contributed by atoms with van der Waals surface area (Å²) in [5, 5.41) is 0. The van der Waals surface area contributed by atoms with Crippen molar-refractivity contribution >= 4 is 5.78 Å². The van der Waals surface area contributed by atoms with Gasteiger partial charge in [0, 0.05) is 6.42 Å². The first-order valence-corrected chi connectivity index (χ1v) is 6.60. The van der Waals surface area contributed by atoms with Crippen LogP contribution in [0, 0.1) is 34.5 Å². The molecule has 2 nitrogen and oxygen atoms in total. The lowest BCUT2D eigenvalue weighted by Gasteiger charge is -2.44. The van der Waals surface area contributed by atoms with Crippen molar-refractivity contribution in [3.05, 3.63) is 29.1 Å². The number of ether oxygens (including phenoxy) is 1. The predicted molar refractivity (Wildman–Crippen MR) is 61.2 cm³/mol. The van der Waals surface area contributed by atoms with E-state index in [-0.39, 0.29) is 12.2 Å². The molecule has 0 aliphatic heterocycles. The second kappa shape index (κ2) is 4.68. The Hall–Kier alpha value is -1.66. The van der Waals surface area contributed by atoms with Crippen LogP contribution in [0.2, 0.25) is 0 Å². The molecule has 1 aromatic rings. The summed E-state index contributed by atoms with van der Waals surface area (Å²) < 4.78 is 71.3. The second-order valence-corrected chi connectivity index (χ2v) is 5.50. The summed E-state index contributed by atoms with van der Waals surface area (Å²) in [6.45, 7) is 0. The first kappa shape index (κ1) is 14.3. The zero-order valence-corrected chi connectivity index (χ0v) is 10.8. The molecule has 3 rings (SSSR count). The maximum atomic E-state index is 13.6. The van der Waals surface area contributed by atoms with Gasteiger partial charge in [-0.15, -0.1) is 0 Å². The van der Waals surface area contributed by atoms with E-state index in [0.717, 1.165) is 12.8 Å². The first-order valence-electron chi connectivity index (χ1n) is 6.60. The van der Waals surface area contributed by atoms with Gasteiger partial charge in [-0.05, 0) is 12.8 Å². The average molecular weight is 306 g/mol. The number of benzene rings is 1. The van der Waals surface area contributed by atoms with E-state index in [4.69, 9.17) is 4.74 Å². The summed E-state index contributed by atoms with van der Waals surface area (Å²) in [6, 6.07) is 0. The van der Waals surface area contributed by atoms with Crippen molar-refractivity contribution in [3.63, 3.8) is 0 Å². The molecule has 2 saturated carbocycles. The largest absolute Gasteiger partial charge is 0.483 e. The van der Waals surface area contributed by atoms with Gasteiger partial charge in [0.15, 0.2) is 5.75 Å². The van der Waals surface area contributed by atoms with Gasteiger partial charge in [0.2, 0.25) is 29.1 Å². The van der Waals surface area contributed by atoms with Crippen LogP contribution in [-0.4, -0.2) is 11.9 Å². The van der Waals surface area contributed by atoms with Crippen molar-refractivity contribution < 1.29 is 31.5 Å². The fraction of sp³-hybridized carbons (Fsp3) is 0.500. The van der Waals surface area contributed by atoms with E-state index in [0.29, 0.717) is 12.8 Å². The molecule has 7 heteroatoms. The zero-order valence-electron chi connectivity index (χ0n) is 10.8. The van der Waals surface area contributed by atoms with E-state index >= 15 is 0 Å². The smallest absolute Gasteiger partial charge is 0.207 e. The van der Waals surface area contributed by atoms with Crippen LogP contribution in [0.25, 0.3) is 0 Å². The van der Waals surface area contributed by atoms with Crippen LogP contribution >= 0.6 is 0 Å². The van der Waals surface area contributed by atoms with Crippen LogP contribution in [0.1, 0.15) is 32.1 Å². The molecule has 2 aliphatic rings. The number of halogens is 5. The molecule has 0 bridgehead atoms. The van der Waals surface area contributed by atoms with Crippen molar-refractivity contribution in [2.24, 2.45) is 5.41 Å². The molecule has 0 amide bonds. The number of carbonyl (C=O) groups is 1. The van der Waals surface area contributed by atoms with Gasteiger partial charge in [-0.3, -0.25) is 4.79 Å². The molecule has 0 heterocycles. The maximum Gasteiger partial charge on any atom is 0.207 e. The number of rotatable bonds is 2. The highest BCUT2D eigenvalue weighted by Crippen LogP contribution is 2.52. The molecule has 1 unspecified atom stereocenters. The number of hydrogen-bond acceptors (Lipinski definition) is 2. The molecular weight excluding hydrogens is 295 g/mol. The minimum Gasteiger partial charge on any atom is -0.483 e. The lowest BCUT2D eigenvalue weighted by molar-refractivity contribution is -0.152. The Morgan fingerprint density at radius 3 is 1.81 bits per heavy atom. The van der Waals surface area contributed by atoms with Crippen molar-refractivity contribution in [2.75, 3.05) is 0 Å². The molecule has 114 valence electrons. The lowest BCUT2D eigenvalue weighted by Crippen LogP contribution is -2.55. The molecule has 2 aliphatic carbocycles. The standard InChI is InChI=1S/C14H11F5O2/c15-8-9(16)11(18)13(12(19)10(8)17)21-7-5-6(20)14(7)3-1-2-4-14/h7H,1-5H2. The Balaban J connectivity index is 1.95. The van der Waals surface area contributed by atoms with Gasteiger partial charge in [-0.2, -0.15) is 8.78 Å². The Labute approximate surface area is 116 Å². The number of carbonyl (C=O) groups excluding carboxylic acids is 1. The minimum absolute atomic E-state index is 0.0699. The van der Waals surface area contributed by atoms with Gasteiger partial charge < -0.3 is 4.74 Å². The van der Waals surface area contributed by atoms with Crippen molar-refractivity contribution in [3.8, 4) is 5.75 Å². The van der Waals surface area contributed by atoms with Gasteiger partial charge >= 0.3 is 0 Å². The fourth-order valence-electron chi connectivity index (χ4n) is 3.21. The summed E-state index contributed by atoms with van der Waals surface area (Å²) in [4.78, 5) is 11.7. The summed E-state index contributed by atoms with van der Waals surface area (Å²) in [5.74, 6) is -11.7. The van der Waals surface area contributed by atoms with Crippen LogP contribution in [0.15, 0.2) is 0 Å². The fourth-order valence-corrected chi connectivity index (χ4v) is 3.21. The van der Waals surface area contributed by atoms with Gasteiger partial charge in [0.1, 0.15) is 11.9 Å². The molecule has 0 saturated heterocycles. The van der Waals surface area contributed by atoms with Crippen LogP contribution in [0.3, 0.4) is 0 Å².